The van der Waals surface area contributed by atoms with Crippen LogP contribution in [0.5, 0.6) is 0 Å². The molecule has 0 saturated carbocycles. The highest BCUT2D eigenvalue weighted by molar-refractivity contribution is 5.78. The molecule has 0 fully saturated rings. The Balaban J connectivity index is 3.30. The van der Waals surface area contributed by atoms with Crippen molar-refractivity contribution in [1.82, 2.24) is 0 Å². The maximum atomic E-state index is 11.2. The summed E-state index contributed by atoms with van der Waals surface area (Å²) in [5.41, 5.74) is 0. The topological polar surface area (TPSA) is 17.1 Å². The minimum Gasteiger partial charge on any atom is -0.300 e. The minimum absolute atomic E-state index is 0.348. The largest absolute Gasteiger partial charge is 0.300 e. The molecule has 0 saturated heterocycles. The molecule has 74 valence electrons. The first kappa shape index (κ1) is 12.2. The molecule has 0 spiro atoms. The van der Waals surface area contributed by atoms with Crippen LogP contribution in [0.15, 0.2) is 24.8 Å². The van der Waals surface area contributed by atoms with Crippen molar-refractivity contribution < 1.29 is 4.79 Å². The van der Waals surface area contributed by atoms with E-state index in [9.17, 15) is 4.79 Å². The third-order valence-electron chi connectivity index (χ3n) is 1.84. The van der Waals surface area contributed by atoms with Crippen LogP contribution in [0, 0.1) is 0 Å². The number of unbranched alkanes of at least 4 members (excludes halogenated alkanes) is 1. The standard InChI is InChI=1S/C12H20O/c1-3-5-7-8-9-11-12(13)10-6-4-2/h4,7-8H,2-3,5-6,9-11H2,1H3. The first-order chi connectivity index (χ1) is 6.31. The molecule has 13 heavy (non-hydrogen) atoms. The number of hydrogen-bond donors (Lipinski definition) is 0. The van der Waals surface area contributed by atoms with Crippen LogP contribution >= 0.6 is 0 Å². The Morgan fingerprint density at radius 2 is 1.77 bits per heavy atom. The van der Waals surface area contributed by atoms with Gasteiger partial charge in [0.1, 0.15) is 5.78 Å². The third kappa shape index (κ3) is 9.06. The maximum Gasteiger partial charge on any atom is 0.133 e. The van der Waals surface area contributed by atoms with Crippen molar-refractivity contribution >= 4 is 5.78 Å². The van der Waals surface area contributed by atoms with Crippen LogP contribution in [-0.4, -0.2) is 5.78 Å². The zero-order valence-electron chi connectivity index (χ0n) is 8.59. The van der Waals surface area contributed by atoms with Crippen LogP contribution in [0.3, 0.4) is 0 Å². The molecule has 0 heterocycles. The molecular weight excluding hydrogens is 160 g/mol. The lowest BCUT2D eigenvalue weighted by molar-refractivity contribution is -0.118. The number of hydrogen-bond acceptors (Lipinski definition) is 1. The molecule has 0 atom stereocenters. The van der Waals surface area contributed by atoms with Crippen LogP contribution in [0.1, 0.15) is 45.4 Å². The summed E-state index contributed by atoms with van der Waals surface area (Å²) in [4.78, 5) is 11.2. The number of carbonyl (C=O) groups is 1. The van der Waals surface area contributed by atoms with Crippen LogP contribution in [0.2, 0.25) is 0 Å². The van der Waals surface area contributed by atoms with Gasteiger partial charge in [0.25, 0.3) is 0 Å². The summed E-state index contributed by atoms with van der Waals surface area (Å²) in [5, 5.41) is 0. The molecule has 0 aromatic heterocycles. The zero-order valence-corrected chi connectivity index (χ0v) is 8.59. The number of rotatable bonds is 8. The summed E-state index contributed by atoms with van der Waals surface area (Å²) in [7, 11) is 0. The van der Waals surface area contributed by atoms with Crippen molar-refractivity contribution in [2.45, 2.75) is 45.4 Å². The number of ketones is 1. The Hall–Kier alpha value is -0.850. The van der Waals surface area contributed by atoms with Gasteiger partial charge in [-0.05, 0) is 19.3 Å². The van der Waals surface area contributed by atoms with Gasteiger partial charge in [-0.15, -0.1) is 6.58 Å². The van der Waals surface area contributed by atoms with Crippen molar-refractivity contribution in [3.63, 3.8) is 0 Å². The summed E-state index contributed by atoms with van der Waals surface area (Å²) in [6, 6.07) is 0. The average molecular weight is 180 g/mol. The van der Waals surface area contributed by atoms with E-state index in [1.165, 1.54) is 6.42 Å². The second kappa shape index (κ2) is 9.24. The van der Waals surface area contributed by atoms with Gasteiger partial charge in [0.05, 0.1) is 0 Å². The molecule has 0 amide bonds. The zero-order chi connectivity index (χ0) is 9.94. The highest BCUT2D eigenvalue weighted by Crippen LogP contribution is 2.01. The van der Waals surface area contributed by atoms with Gasteiger partial charge in [-0.25, -0.2) is 0 Å². The van der Waals surface area contributed by atoms with E-state index in [1.54, 1.807) is 6.08 Å². The van der Waals surface area contributed by atoms with Gasteiger partial charge in [-0.1, -0.05) is 31.6 Å². The Bertz CT molecular complexity index is 168. The van der Waals surface area contributed by atoms with E-state index in [0.29, 0.717) is 18.6 Å². The SMILES string of the molecule is C=CCCC(=O)CCC=CCCC. The molecule has 0 aliphatic heterocycles. The number of carbonyl (C=O) groups excluding carboxylic acids is 1. The molecule has 1 nitrogen and oxygen atoms in total. The molecule has 0 bridgehead atoms. The van der Waals surface area contributed by atoms with Gasteiger partial charge in [-0.2, -0.15) is 0 Å². The van der Waals surface area contributed by atoms with Gasteiger partial charge in [0.2, 0.25) is 0 Å². The van der Waals surface area contributed by atoms with Crippen molar-refractivity contribution in [3.8, 4) is 0 Å². The fourth-order valence-electron chi connectivity index (χ4n) is 1.03. The smallest absolute Gasteiger partial charge is 0.133 e. The minimum atomic E-state index is 0.348. The van der Waals surface area contributed by atoms with E-state index >= 15 is 0 Å². The molecule has 0 rings (SSSR count). The van der Waals surface area contributed by atoms with E-state index < -0.39 is 0 Å². The van der Waals surface area contributed by atoms with E-state index in [2.05, 4.69) is 25.7 Å². The Morgan fingerprint density at radius 3 is 2.38 bits per heavy atom. The second-order valence-corrected chi connectivity index (χ2v) is 3.16. The summed E-state index contributed by atoms with van der Waals surface area (Å²) >= 11 is 0. The number of allylic oxidation sites excluding steroid dienone is 3. The fraction of sp³-hybridized carbons (Fsp3) is 0.583. The summed E-state index contributed by atoms with van der Waals surface area (Å²) in [5.74, 6) is 0.348. The van der Waals surface area contributed by atoms with Crippen molar-refractivity contribution in [2.75, 3.05) is 0 Å². The van der Waals surface area contributed by atoms with Crippen LogP contribution in [-0.2, 0) is 4.79 Å². The normalized spacial score (nSPS) is 10.5. The summed E-state index contributed by atoms with van der Waals surface area (Å²) in [6.45, 7) is 5.74. The van der Waals surface area contributed by atoms with E-state index in [-0.39, 0.29) is 0 Å². The molecule has 0 aromatic carbocycles. The molecule has 0 N–H and O–H groups in total. The molecule has 0 radical (unpaired) electrons. The summed E-state index contributed by atoms with van der Waals surface area (Å²) in [6.07, 6.45) is 11.4. The third-order valence-corrected chi connectivity index (χ3v) is 1.84. The highest BCUT2D eigenvalue weighted by Gasteiger charge is 1.97. The summed E-state index contributed by atoms with van der Waals surface area (Å²) < 4.78 is 0. The Kier molecular flexibility index (Phi) is 8.64. The van der Waals surface area contributed by atoms with E-state index in [4.69, 9.17) is 0 Å². The fourth-order valence-corrected chi connectivity index (χ4v) is 1.03. The second-order valence-electron chi connectivity index (χ2n) is 3.16. The predicted molar refractivity (Wildman–Crippen MR) is 57.7 cm³/mol. The average Bonchev–Trinajstić information content (AvgIpc) is 2.14. The van der Waals surface area contributed by atoms with E-state index in [1.807, 2.05) is 0 Å². The quantitative estimate of drug-likeness (QED) is 0.521. The van der Waals surface area contributed by atoms with Crippen LogP contribution < -0.4 is 0 Å². The lowest BCUT2D eigenvalue weighted by Crippen LogP contribution is -1.95. The molecule has 0 aromatic rings. The first-order valence-corrected chi connectivity index (χ1v) is 5.08. The lowest BCUT2D eigenvalue weighted by atomic mass is 10.1. The van der Waals surface area contributed by atoms with Crippen molar-refractivity contribution in [2.24, 2.45) is 0 Å². The molecular formula is C12H20O. The van der Waals surface area contributed by atoms with Gasteiger partial charge in [-0.3, -0.25) is 4.79 Å². The predicted octanol–water partition coefficient (Wildman–Crippen LogP) is 3.66. The van der Waals surface area contributed by atoms with Crippen molar-refractivity contribution in [1.29, 1.82) is 0 Å². The first-order valence-electron chi connectivity index (χ1n) is 5.08. The molecule has 1 heteroatoms. The maximum absolute atomic E-state index is 11.2. The Labute approximate surface area is 81.5 Å². The van der Waals surface area contributed by atoms with Crippen LogP contribution in [0.25, 0.3) is 0 Å². The highest BCUT2D eigenvalue weighted by atomic mass is 16.1. The van der Waals surface area contributed by atoms with Gasteiger partial charge in [0, 0.05) is 12.8 Å². The van der Waals surface area contributed by atoms with Crippen LogP contribution in [0.4, 0.5) is 0 Å². The van der Waals surface area contributed by atoms with Gasteiger partial charge >= 0.3 is 0 Å². The molecule has 0 aliphatic rings. The van der Waals surface area contributed by atoms with Gasteiger partial charge in [0.15, 0.2) is 0 Å². The Morgan fingerprint density at radius 1 is 1.15 bits per heavy atom. The lowest BCUT2D eigenvalue weighted by Gasteiger charge is -1.94. The van der Waals surface area contributed by atoms with Crippen molar-refractivity contribution in [3.05, 3.63) is 24.8 Å². The van der Waals surface area contributed by atoms with E-state index in [0.717, 1.165) is 19.3 Å². The molecule has 0 unspecified atom stereocenters. The van der Waals surface area contributed by atoms with Gasteiger partial charge < -0.3 is 0 Å². The number of Topliss-reactive ketones (excluding diaryl/α,β-unsaturated/α-hetero) is 1. The molecule has 0 aliphatic carbocycles. The monoisotopic (exact) mass is 180 g/mol.